The summed E-state index contributed by atoms with van der Waals surface area (Å²) in [5.74, 6) is 2.33. The lowest BCUT2D eigenvalue weighted by molar-refractivity contribution is -0.137. The first-order chi connectivity index (χ1) is 18.6. The van der Waals surface area contributed by atoms with Crippen LogP contribution in [0.4, 0.5) is 0 Å². The van der Waals surface area contributed by atoms with Gasteiger partial charge in [0.25, 0.3) is 0 Å². The van der Waals surface area contributed by atoms with Crippen molar-refractivity contribution in [3.63, 3.8) is 0 Å². The van der Waals surface area contributed by atoms with E-state index >= 15 is 0 Å². The Balaban J connectivity index is 1.25. The van der Waals surface area contributed by atoms with Crippen molar-refractivity contribution in [3.8, 4) is 17.2 Å². The molecular weight excluding hydrogens is 472 g/mol. The fraction of sp³-hybridized carbons (Fsp3) is 0.242. The van der Waals surface area contributed by atoms with Crippen LogP contribution in [0.25, 0.3) is 0 Å². The van der Waals surface area contributed by atoms with Crippen LogP contribution >= 0.6 is 0 Å². The van der Waals surface area contributed by atoms with Gasteiger partial charge in [-0.15, -0.1) is 0 Å². The fourth-order valence-corrected chi connectivity index (χ4v) is 5.18. The number of piperazine rings is 1. The maximum Gasteiger partial charge on any atom is 0.237 e. The Hall–Kier alpha value is -4.09. The zero-order valence-electron chi connectivity index (χ0n) is 22.0. The van der Waals surface area contributed by atoms with Gasteiger partial charge in [-0.2, -0.15) is 0 Å². The number of benzene rings is 4. The Morgan fingerprint density at radius 2 is 1.32 bits per heavy atom. The molecule has 4 aromatic rings. The van der Waals surface area contributed by atoms with Gasteiger partial charge in [0.05, 0.1) is 12.5 Å². The quantitative estimate of drug-likeness (QED) is 0.288. The third kappa shape index (κ3) is 5.43. The number of hydrogen-bond acceptors (Lipinski definition) is 4. The van der Waals surface area contributed by atoms with E-state index in [0.29, 0.717) is 24.6 Å². The maximum absolute atomic E-state index is 14.0. The van der Waals surface area contributed by atoms with Crippen molar-refractivity contribution >= 4 is 5.91 Å². The molecule has 1 amide bonds. The average molecular weight is 507 g/mol. The molecular formula is C33H34N2O3. The van der Waals surface area contributed by atoms with Crippen molar-refractivity contribution in [2.75, 3.05) is 33.3 Å². The Bertz CT molecular complexity index is 1310. The molecule has 1 fully saturated rings. The summed E-state index contributed by atoms with van der Waals surface area (Å²) in [7, 11) is 1.64. The van der Waals surface area contributed by atoms with Gasteiger partial charge in [-0.05, 0) is 47.9 Å². The van der Waals surface area contributed by atoms with Gasteiger partial charge in [-0.1, -0.05) is 84.9 Å². The predicted molar refractivity (Wildman–Crippen MR) is 151 cm³/mol. The summed E-state index contributed by atoms with van der Waals surface area (Å²) >= 11 is 0. The number of carbonyl (C=O) groups excluding carboxylic acids is 1. The highest BCUT2D eigenvalue weighted by atomic mass is 16.5. The smallest absolute Gasteiger partial charge is 0.237 e. The maximum atomic E-state index is 14.0. The Kier molecular flexibility index (Phi) is 7.75. The van der Waals surface area contributed by atoms with Gasteiger partial charge in [0.15, 0.2) is 11.5 Å². The minimum atomic E-state index is -0.727. The van der Waals surface area contributed by atoms with E-state index in [1.807, 2.05) is 77.7 Å². The van der Waals surface area contributed by atoms with Crippen molar-refractivity contribution in [1.82, 2.24) is 9.80 Å². The first-order valence-electron chi connectivity index (χ1n) is 13.1. The number of carbonyl (C=O) groups is 1. The summed E-state index contributed by atoms with van der Waals surface area (Å²) in [6.45, 7) is 5.91. The molecule has 1 heterocycles. The summed E-state index contributed by atoms with van der Waals surface area (Å²) in [6, 6.07) is 36.1. The second kappa shape index (κ2) is 11.5. The second-order valence-electron chi connectivity index (χ2n) is 9.83. The summed E-state index contributed by atoms with van der Waals surface area (Å²) in [5.41, 5.74) is 2.49. The SMILES string of the molecule is COc1ccccc1Oc1cccc(CN2CCN(C(=O)C(C)(c3ccccc3)c3ccccc3)CC2)c1. The van der Waals surface area contributed by atoms with Crippen LogP contribution in [0, 0.1) is 0 Å². The van der Waals surface area contributed by atoms with Gasteiger partial charge in [0.2, 0.25) is 5.91 Å². The number of nitrogens with zero attached hydrogens (tertiary/aromatic N) is 2. The molecule has 0 unspecified atom stereocenters. The predicted octanol–water partition coefficient (Wildman–Crippen LogP) is 6.14. The Labute approximate surface area is 225 Å². The van der Waals surface area contributed by atoms with Crippen LogP contribution < -0.4 is 9.47 Å². The van der Waals surface area contributed by atoms with Crippen molar-refractivity contribution in [2.45, 2.75) is 18.9 Å². The molecule has 5 rings (SSSR count). The molecule has 4 aromatic carbocycles. The van der Waals surface area contributed by atoms with E-state index in [4.69, 9.17) is 9.47 Å². The van der Waals surface area contributed by atoms with Gasteiger partial charge >= 0.3 is 0 Å². The number of methoxy groups -OCH3 is 1. The van der Waals surface area contributed by atoms with Crippen LogP contribution in [0.2, 0.25) is 0 Å². The van der Waals surface area contributed by atoms with Crippen molar-refractivity contribution in [1.29, 1.82) is 0 Å². The molecule has 0 atom stereocenters. The minimum absolute atomic E-state index is 0.154. The van der Waals surface area contributed by atoms with Crippen LogP contribution in [0.1, 0.15) is 23.6 Å². The largest absolute Gasteiger partial charge is 0.493 e. The second-order valence-corrected chi connectivity index (χ2v) is 9.83. The molecule has 1 aliphatic heterocycles. The van der Waals surface area contributed by atoms with E-state index in [-0.39, 0.29) is 5.91 Å². The number of para-hydroxylation sites is 2. The molecule has 38 heavy (non-hydrogen) atoms. The molecule has 0 aliphatic carbocycles. The zero-order chi connectivity index (χ0) is 26.4. The summed E-state index contributed by atoms with van der Waals surface area (Å²) < 4.78 is 11.5. The lowest BCUT2D eigenvalue weighted by Crippen LogP contribution is -2.53. The van der Waals surface area contributed by atoms with E-state index in [2.05, 4.69) is 48.2 Å². The lowest BCUT2D eigenvalue weighted by Gasteiger charge is -2.40. The van der Waals surface area contributed by atoms with E-state index in [1.54, 1.807) is 7.11 Å². The van der Waals surface area contributed by atoms with Gasteiger partial charge in [0, 0.05) is 32.7 Å². The third-order valence-corrected chi connectivity index (χ3v) is 7.39. The van der Waals surface area contributed by atoms with E-state index in [0.717, 1.165) is 36.5 Å². The molecule has 0 aromatic heterocycles. The Morgan fingerprint density at radius 1 is 0.737 bits per heavy atom. The standard InChI is InChI=1S/C33H34N2O3/c1-33(27-13-5-3-6-14-27,28-15-7-4-8-16-28)32(36)35-22-20-34(21-23-35)25-26-12-11-17-29(24-26)38-31-19-10-9-18-30(31)37-2/h3-19,24H,20-23,25H2,1-2H3. The highest BCUT2D eigenvalue weighted by Gasteiger charge is 2.40. The highest BCUT2D eigenvalue weighted by molar-refractivity contribution is 5.91. The van der Waals surface area contributed by atoms with Crippen molar-refractivity contribution in [3.05, 3.63) is 126 Å². The molecule has 5 heteroatoms. The van der Waals surface area contributed by atoms with E-state index in [9.17, 15) is 4.79 Å². The van der Waals surface area contributed by atoms with Gasteiger partial charge in [-0.3, -0.25) is 9.69 Å². The Morgan fingerprint density at radius 3 is 1.92 bits per heavy atom. The normalized spacial score (nSPS) is 14.2. The summed E-state index contributed by atoms with van der Waals surface area (Å²) in [5, 5.41) is 0. The summed E-state index contributed by atoms with van der Waals surface area (Å²) in [6.07, 6.45) is 0. The summed E-state index contributed by atoms with van der Waals surface area (Å²) in [4.78, 5) is 18.5. The molecule has 0 bridgehead atoms. The zero-order valence-corrected chi connectivity index (χ0v) is 22.0. The number of amides is 1. The third-order valence-electron chi connectivity index (χ3n) is 7.39. The van der Waals surface area contributed by atoms with Crippen LogP contribution in [0.3, 0.4) is 0 Å². The van der Waals surface area contributed by atoms with E-state index in [1.165, 1.54) is 5.56 Å². The number of ether oxygens (including phenoxy) is 2. The van der Waals surface area contributed by atoms with Crippen LogP contribution in [-0.4, -0.2) is 49.0 Å². The topological polar surface area (TPSA) is 42.0 Å². The van der Waals surface area contributed by atoms with Crippen LogP contribution in [0.5, 0.6) is 17.2 Å². The van der Waals surface area contributed by atoms with Gasteiger partial charge in [0.1, 0.15) is 5.75 Å². The first kappa shape index (κ1) is 25.6. The molecule has 1 saturated heterocycles. The molecule has 0 saturated carbocycles. The van der Waals surface area contributed by atoms with Crippen LogP contribution in [0.15, 0.2) is 109 Å². The number of hydrogen-bond donors (Lipinski definition) is 0. The minimum Gasteiger partial charge on any atom is -0.493 e. The van der Waals surface area contributed by atoms with E-state index < -0.39 is 5.41 Å². The first-order valence-corrected chi connectivity index (χ1v) is 13.1. The lowest BCUT2D eigenvalue weighted by atomic mass is 9.75. The average Bonchev–Trinajstić information content (AvgIpc) is 2.98. The molecule has 0 radical (unpaired) electrons. The molecule has 1 aliphatic rings. The molecule has 194 valence electrons. The molecule has 0 N–H and O–H groups in total. The van der Waals surface area contributed by atoms with Crippen molar-refractivity contribution in [2.24, 2.45) is 0 Å². The van der Waals surface area contributed by atoms with Crippen LogP contribution in [-0.2, 0) is 16.8 Å². The highest BCUT2D eigenvalue weighted by Crippen LogP contribution is 2.35. The molecule has 5 nitrogen and oxygen atoms in total. The van der Waals surface area contributed by atoms with Gasteiger partial charge < -0.3 is 14.4 Å². The van der Waals surface area contributed by atoms with Gasteiger partial charge in [-0.25, -0.2) is 0 Å². The molecule has 0 spiro atoms. The van der Waals surface area contributed by atoms with Crippen molar-refractivity contribution < 1.29 is 14.3 Å². The number of rotatable bonds is 8. The monoisotopic (exact) mass is 506 g/mol. The fourth-order valence-electron chi connectivity index (χ4n) is 5.18.